The van der Waals surface area contributed by atoms with Crippen LogP contribution in [0.15, 0.2) is 222 Å². The summed E-state index contributed by atoms with van der Waals surface area (Å²) in [6, 6.07) is 69.5. The van der Waals surface area contributed by atoms with Crippen molar-refractivity contribution in [2.24, 2.45) is 17.8 Å². The molecule has 7 heteroatoms. The maximum absolute atomic E-state index is 8.06. The second kappa shape index (κ2) is 19.4. The van der Waals surface area contributed by atoms with Gasteiger partial charge in [-0.3, -0.25) is 10.4 Å². The molecular weight excluding hydrogens is 899 g/mol. The Balaban J connectivity index is 0.000000135. The van der Waals surface area contributed by atoms with Gasteiger partial charge in [0.25, 0.3) is 0 Å². The molecule has 0 spiro atoms. The summed E-state index contributed by atoms with van der Waals surface area (Å²) in [6.07, 6.45) is 6.25. The van der Waals surface area contributed by atoms with Crippen molar-refractivity contribution in [3.8, 4) is 27.9 Å². The topological polar surface area (TPSA) is 85.2 Å². The molecule has 0 unspecified atom stereocenters. The number of aryl methyl sites for hydroxylation is 1. The van der Waals surface area contributed by atoms with Gasteiger partial charge in [0.2, 0.25) is 0 Å². The first kappa shape index (κ1) is 45.4. The van der Waals surface area contributed by atoms with Crippen LogP contribution in [0.5, 0.6) is 0 Å². The molecule has 0 aliphatic carbocycles. The quantitative estimate of drug-likeness (QED) is 0.117. The van der Waals surface area contributed by atoms with Crippen LogP contribution in [0.3, 0.4) is 0 Å². The number of para-hydroxylation sites is 2. The summed E-state index contributed by atoms with van der Waals surface area (Å²) in [5.74, 6) is 0.0445. The van der Waals surface area contributed by atoms with E-state index in [-0.39, 0.29) is 5.84 Å². The highest BCUT2D eigenvalue weighted by Gasteiger charge is 2.21. The maximum atomic E-state index is 8.06. The summed E-state index contributed by atoms with van der Waals surface area (Å²) in [5.41, 5.74) is 21.4. The fourth-order valence-electron chi connectivity index (χ4n) is 10.3. The number of hydrogen-bond donors (Lipinski definition) is 2. The maximum Gasteiger partial charge on any atom is 0.136 e. The minimum Gasteiger partial charge on any atom is -0.456 e. The van der Waals surface area contributed by atoms with Crippen LogP contribution in [0, 0.1) is 5.41 Å². The van der Waals surface area contributed by atoms with Gasteiger partial charge >= 0.3 is 0 Å². The third kappa shape index (κ3) is 7.96. The number of furan rings is 1. The molecule has 6 nitrogen and oxygen atoms in total. The Morgan fingerprint density at radius 2 is 1.32 bits per heavy atom. The van der Waals surface area contributed by atoms with Gasteiger partial charge in [-0.2, -0.15) is 0 Å². The molecule has 0 radical (unpaired) electrons. The van der Waals surface area contributed by atoms with Crippen molar-refractivity contribution < 1.29 is 4.42 Å². The van der Waals surface area contributed by atoms with Crippen molar-refractivity contribution in [3.63, 3.8) is 0 Å². The average Bonchev–Trinajstić information content (AvgIpc) is 4.17. The van der Waals surface area contributed by atoms with Crippen molar-refractivity contribution in [1.82, 2.24) is 9.13 Å². The number of hydrogen-bond acceptors (Lipinski definition) is 4. The first-order chi connectivity index (χ1) is 35.4. The zero-order chi connectivity index (χ0) is 49.3. The van der Waals surface area contributed by atoms with E-state index in [0.717, 1.165) is 45.4 Å². The van der Waals surface area contributed by atoms with Crippen molar-refractivity contribution >= 4 is 111 Å². The monoisotopic (exact) mass is 949 g/mol. The predicted molar refractivity (Wildman–Crippen MR) is 310 cm³/mol. The lowest BCUT2D eigenvalue weighted by molar-refractivity contribution is 0.669. The number of aromatic nitrogens is 2. The van der Waals surface area contributed by atoms with E-state index in [1.807, 2.05) is 72.0 Å². The van der Waals surface area contributed by atoms with Crippen LogP contribution in [0.4, 0.5) is 0 Å². The lowest BCUT2D eigenvalue weighted by atomic mass is 9.96. The summed E-state index contributed by atoms with van der Waals surface area (Å²) in [6.45, 7) is 10.3. The van der Waals surface area contributed by atoms with Gasteiger partial charge in [0, 0.05) is 76.5 Å². The molecule has 72 heavy (non-hydrogen) atoms. The Bertz CT molecular complexity index is 4210. The van der Waals surface area contributed by atoms with Gasteiger partial charge in [-0.25, -0.2) is 0 Å². The predicted octanol–water partition coefficient (Wildman–Crippen LogP) is 17.4. The number of nitrogens with zero attached hydrogens (tertiary/aromatic N) is 3. The third-order valence-electron chi connectivity index (χ3n) is 13.5. The summed E-state index contributed by atoms with van der Waals surface area (Å²) < 4.78 is 13.3. The molecule has 13 aromatic rings. The molecule has 0 atom stereocenters. The smallest absolute Gasteiger partial charge is 0.136 e. The number of nitrogens with one attached hydrogen (secondary N) is 1. The first-order valence-corrected chi connectivity index (χ1v) is 24.8. The molecule has 0 aliphatic rings. The van der Waals surface area contributed by atoms with Crippen LogP contribution in [0.1, 0.15) is 29.3 Å². The van der Waals surface area contributed by atoms with Gasteiger partial charge < -0.3 is 19.3 Å². The second-order valence-electron chi connectivity index (χ2n) is 17.7. The number of nitrogens with two attached hydrogens (primary N) is 1. The standard InChI is InChI=1S/C31H20N2OS.C26H22N2.C8H9N/c32-31(33)23-12-5-13-26-28(23)24-17-19(15-16-25(24)34-26)20-9-6-14-27-29(20)22-11-4-10-21(30(22)35-27)18-7-2-1-3-8-18;1-4-11-24-19(5-2)21-16-17-22-20-14-9-10-15-23(20)27(3)25(22)26(21)28(24)18-12-7-6-8-13-18;1-9-7-8-5-3-2-4-6-8/h1-17H,(H3,32,33);4-17H,2H2,1,3H3;2-6H,1,7H2/b;11-4-;. The van der Waals surface area contributed by atoms with E-state index >= 15 is 0 Å². The molecular formula is C65H51N5OS. The van der Waals surface area contributed by atoms with Gasteiger partial charge in [-0.1, -0.05) is 176 Å². The van der Waals surface area contributed by atoms with Crippen LogP contribution in [0.25, 0.3) is 115 Å². The Morgan fingerprint density at radius 3 is 2.07 bits per heavy atom. The zero-order valence-electron chi connectivity index (χ0n) is 40.1. The molecule has 3 N–H and O–H groups in total. The lowest BCUT2D eigenvalue weighted by Gasteiger charge is -2.11. The van der Waals surface area contributed by atoms with Crippen LogP contribution in [0.2, 0.25) is 0 Å². The summed E-state index contributed by atoms with van der Waals surface area (Å²) in [7, 11) is 2.16. The number of benzene rings is 9. The molecule has 13 rings (SSSR count). The molecule has 348 valence electrons. The SMILES string of the molecule is C=Cc1c(/C=C\C)n(-c2ccccc2)c2c1ccc1c3ccccc3n(C)c12.C=NCc1ccccc1.N=C(N)c1cccc2oc3ccc(-c4cccc5sc6c(-c7ccccc7)cccc6c45)cc3c12. The minimum absolute atomic E-state index is 0.0445. The van der Waals surface area contributed by atoms with Gasteiger partial charge in [0.05, 0.1) is 23.3 Å². The van der Waals surface area contributed by atoms with Gasteiger partial charge in [0.1, 0.15) is 17.0 Å². The van der Waals surface area contributed by atoms with E-state index in [2.05, 4.69) is 199 Å². The number of aliphatic imine (C=N–C) groups is 1. The molecule has 0 aliphatic heterocycles. The molecule has 4 aromatic heterocycles. The zero-order valence-corrected chi connectivity index (χ0v) is 41.0. The van der Waals surface area contributed by atoms with E-state index in [4.69, 9.17) is 15.6 Å². The second-order valence-corrected chi connectivity index (χ2v) is 18.8. The van der Waals surface area contributed by atoms with E-state index < -0.39 is 0 Å². The summed E-state index contributed by atoms with van der Waals surface area (Å²) in [4.78, 5) is 3.76. The molecule has 9 aromatic carbocycles. The fourth-order valence-corrected chi connectivity index (χ4v) is 11.6. The summed E-state index contributed by atoms with van der Waals surface area (Å²) in [5, 5.41) is 16.3. The number of amidine groups is 1. The highest BCUT2D eigenvalue weighted by molar-refractivity contribution is 7.26. The third-order valence-corrected chi connectivity index (χ3v) is 14.7. The Hall–Kier alpha value is -9.04. The number of thiophene rings is 1. The number of allylic oxidation sites excluding steroid dienone is 1. The number of nitrogen functional groups attached to an aromatic ring is 1. The van der Waals surface area contributed by atoms with Gasteiger partial charge in [-0.15, -0.1) is 11.3 Å². The minimum atomic E-state index is 0.0445. The Kier molecular flexibility index (Phi) is 12.2. The number of fused-ring (bicyclic) bond motifs is 11. The van der Waals surface area contributed by atoms with E-state index in [1.54, 1.807) is 0 Å². The largest absolute Gasteiger partial charge is 0.456 e. The van der Waals surface area contributed by atoms with Crippen molar-refractivity contribution in [2.45, 2.75) is 13.5 Å². The molecule has 0 bridgehead atoms. The highest BCUT2D eigenvalue weighted by Crippen LogP contribution is 2.45. The van der Waals surface area contributed by atoms with Crippen LogP contribution >= 0.6 is 11.3 Å². The molecule has 4 heterocycles. The Labute approximate surface area is 422 Å². The van der Waals surface area contributed by atoms with E-state index in [1.165, 1.54) is 80.7 Å². The molecule has 0 saturated heterocycles. The van der Waals surface area contributed by atoms with Crippen molar-refractivity contribution in [2.75, 3.05) is 0 Å². The summed E-state index contributed by atoms with van der Waals surface area (Å²) >= 11 is 1.84. The van der Waals surface area contributed by atoms with E-state index in [9.17, 15) is 0 Å². The highest BCUT2D eigenvalue weighted by atomic mass is 32.1. The fraction of sp³-hybridized carbons (Fsp3) is 0.0462. The van der Waals surface area contributed by atoms with Crippen molar-refractivity contribution in [1.29, 1.82) is 5.41 Å². The first-order valence-electron chi connectivity index (χ1n) is 24.0. The number of rotatable bonds is 8. The van der Waals surface area contributed by atoms with E-state index in [0.29, 0.717) is 5.56 Å². The van der Waals surface area contributed by atoms with Crippen molar-refractivity contribution in [3.05, 3.63) is 235 Å². The molecule has 0 saturated carbocycles. The normalized spacial score (nSPS) is 11.4. The average molecular weight is 950 g/mol. The molecule has 0 amide bonds. The lowest BCUT2D eigenvalue weighted by Crippen LogP contribution is -2.11. The van der Waals surface area contributed by atoms with Crippen LogP contribution in [-0.4, -0.2) is 21.7 Å². The molecule has 0 fully saturated rings. The van der Waals surface area contributed by atoms with Gasteiger partial charge in [0.15, 0.2) is 0 Å². The van der Waals surface area contributed by atoms with Crippen LogP contribution < -0.4 is 5.73 Å². The van der Waals surface area contributed by atoms with Gasteiger partial charge in [-0.05, 0) is 90.0 Å². The van der Waals surface area contributed by atoms with Crippen LogP contribution in [-0.2, 0) is 13.6 Å². The Morgan fingerprint density at radius 1 is 0.639 bits per heavy atom.